The molecule has 0 fully saturated rings. The fraction of sp³-hybridized carbons (Fsp3) is 0.429. The molecule has 0 aromatic carbocycles. The van der Waals surface area contributed by atoms with Crippen LogP contribution in [0.5, 0.6) is 0 Å². The first-order chi connectivity index (χ1) is 4.63. The van der Waals surface area contributed by atoms with Gasteiger partial charge in [0.2, 0.25) is 0 Å². The molecule has 0 heterocycles. The highest BCUT2D eigenvalue weighted by atomic mass is 16.4. The van der Waals surface area contributed by atoms with Crippen LogP contribution in [0.3, 0.4) is 0 Å². The Morgan fingerprint density at radius 1 is 1.60 bits per heavy atom. The van der Waals surface area contributed by atoms with Crippen LogP contribution in [0.2, 0.25) is 0 Å². The third kappa shape index (κ3) is 2.01. The minimum Gasteiger partial charge on any atom is -0.478 e. The molecule has 0 bridgehead atoms. The minimum absolute atomic E-state index is 0.123. The molecule has 3 heteroatoms. The van der Waals surface area contributed by atoms with E-state index >= 15 is 0 Å². The molecule has 3 nitrogen and oxygen atoms in total. The Morgan fingerprint density at radius 3 is 2.20 bits per heavy atom. The second-order valence-electron chi connectivity index (χ2n) is 1.97. The SMILES string of the molecule is CCC(C)=C(C=O)C(=O)O. The number of carbonyl (C=O) groups excluding carboxylic acids is 1. The number of rotatable bonds is 3. The molecule has 0 saturated carbocycles. The van der Waals surface area contributed by atoms with Crippen molar-refractivity contribution < 1.29 is 14.7 Å². The second-order valence-corrected chi connectivity index (χ2v) is 1.97. The summed E-state index contributed by atoms with van der Waals surface area (Å²) in [5.41, 5.74) is 0.491. The Bertz CT molecular complexity index is 179. The molecule has 0 aliphatic heterocycles. The van der Waals surface area contributed by atoms with E-state index in [-0.39, 0.29) is 5.57 Å². The standard InChI is InChI=1S/C7H10O3/c1-3-5(2)6(4-8)7(9)10/h4H,3H2,1-2H3,(H,9,10). The van der Waals surface area contributed by atoms with Gasteiger partial charge >= 0.3 is 5.97 Å². The van der Waals surface area contributed by atoms with Crippen molar-refractivity contribution in [1.29, 1.82) is 0 Å². The van der Waals surface area contributed by atoms with Crippen molar-refractivity contribution in [3.8, 4) is 0 Å². The maximum Gasteiger partial charge on any atom is 0.338 e. The van der Waals surface area contributed by atoms with Crippen LogP contribution in [0.25, 0.3) is 0 Å². The molecule has 0 aromatic heterocycles. The molecule has 1 N–H and O–H groups in total. The summed E-state index contributed by atoms with van der Waals surface area (Å²) in [4.78, 5) is 20.3. The molecular weight excluding hydrogens is 132 g/mol. The van der Waals surface area contributed by atoms with Crippen molar-refractivity contribution in [2.24, 2.45) is 0 Å². The normalized spacial score (nSPS) is 12.2. The average Bonchev–Trinajstić information content (AvgIpc) is 1.88. The fourth-order valence-corrected chi connectivity index (χ4v) is 0.524. The van der Waals surface area contributed by atoms with E-state index in [1.807, 2.05) is 6.92 Å². The van der Waals surface area contributed by atoms with Crippen LogP contribution in [0, 0.1) is 0 Å². The molecule has 0 unspecified atom stereocenters. The number of hydrogen-bond acceptors (Lipinski definition) is 2. The number of allylic oxidation sites excluding steroid dienone is 1. The van der Waals surface area contributed by atoms with E-state index in [0.29, 0.717) is 18.3 Å². The van der Waals surface area contributed by atoms with Crippen LogP contribution in [0.1, 0.15) is 20.3 Å². The fourth-order valence-electron chi connectivity index (χ4n) is 0.524. The van der Waals surface area contributed by atoms with Gasteiger partial charge in [-0.3, -0.25) is 4.79 Å². The second kappa shape index (κ2) is 3.82. The first kappa shape index (κ1) is 8.88. The quantitative estimate of drug-likeness (QED) is 0.277. The van der Waals surface area contributed by atoms with E-state index < -0.39 is 5.97 Å². The van der Waals surface area contributed by atoms with Crippen molar-refractivity contribution in [3.05, 3.63) is 11.1 Å². The minimum atomic E-state index is -1.14. The summed E-state index contributed by atoms with van der Waals surface area (Å²) in [6.45, 7) is 3.44. The van der Waals surface area contributed by atoms with Gasteiger partial charge in [0.25, 0.3) is 0 Å². The van der Waals surface area contributed by atoms with Crippen molar-refractivity contribution in [3.63, 3.8) is 0 Å². The molecule has 10 heavy (non-hydrogen) atoms. The summed E-state index contributed by atoms with van der Waals surface area (Å²) in [6, 6.07) is 0. The van der Waals surface area contributed by atoms with E-state index in [1.54, 1.807) is 6.92 Å². The van der Waals surface area contributed by atoms with Gasteiger partial charge in [0.1, 0.15) is 0 Å². The molecule has 0 aromatic rings. The Kier molecular flexibility index (Phi) is 3.39. The third-order valence-corrected chi connectivity index (χ3v) is 1.34. The number of hydrogen-bond donors (Lipinski definition) is 1. The smallest absolute Gasteiger partial charge is 0.338 e. The molecule has 56 valence electrons. The lowest BCUT2D eigenvalue weighted by Gasteiger charge is -1.96. The number of carboxylic acid groups (broad SMARTS) is 1. The van der Waals surface area contributed by atoms with Crippen molar-refractivity contribution in [2.75, 3.05) is 0 Å². The predicted octanol–water partition coefficient (Wildman–Crippen LogP) is 0.996. The number of carbonyl (C=O) groups is 2. The maximum atomic E-state index is 10.2. The average molecular weight is 142 g/mol. The van der Waals surface area contributed by atoms with Gasteiger partial charge in [-0.05, 0) is 13.3 Å². The molecule has 0 amide bonds. The maximum absolute atomic E-state index is 10.2. The zero-order chi connectivity index (χ0) is 8.15. The summed E-state index contributed by atoms with van der Waals surface area (Å²) in [5.74, 6) is -1.14. The van der Waals surface area contributed by atoms with Gasteiger partial charge < -0.3 is 5.11 Å². The molecule has 0 radical (unpaired) electrons. The largest absolute Gasteiger partial charge is 0.478 e. The first-order valence-corrected chi connectivity index (χ1v) is 3.01. The Morgan fingerprint density at radius 2 is 2.10 bits per heavy atom. The lowest BCUT2D eigenvalue weighted by atomic mass is 10.1. The molecule has 0 spiro atoms. The Labute approximate surface area is 59.4 Å². The molecule has 0 saturated heterocycles. The van der Waals surface area contributed by atoms with E-state index in [0.717, 1.165) is 0 Å². The van der Waals surface area contributed by atoms with Crippen LogP contribution in [-0.4, -0.2) is 17.4 Å². The van der Waals surface area contributed by atoms with Crippen LogP contribution in [-0.2, 0) is 9.59 Å². The van der Waals surface area contributed by atoms with Gasteiger partial charge in [0, 0.05) is 0 Å². The Hall–Kier alpha value is -1.12. The van der Waals surface area contributed by atoms with E-state index in [9.17, 15) is 9.59 Å². The number of carboxylic acids is 1. The summed E-state index contributed by atoms with van der Waals surface area (Å²) >= 11 is 0. The van der Waals surface area contributed by atoms with Gasteiger partial charge in [-0.2, -0.15) is 0 Å². The zero-order valence-corrected chi connectivity index (χ0v) is 6.05. The van der Waals surface area contributed by atoms with E-state index in [4.69, 9.17) is 5.11 Å². The highest BCUT2D eigenvalue weighted by Gasteiger charge is 2.07. The molecular formula is C7H10O3. The van der Waals surface area contributed by atoms with Crippen molar-refractivity contribution >= 4 is 12.3 Å². The van der Waals surface area contributed by atoms with Gasteiger partial charge in [-0.15, -0.1) is 0 Å². The lowest BCUT2D eigenvalue weighted by Crippen LogP contribution is -2.03. The molecule has 0 atom stereocenters. The van der Waals surface area contributed by atoms with Gasteiger partial charge in [-0.25, -0.2) is 4.79 Å². The van der Waals surface area contributed by atoms with E-state index in [1.165, 1.54) is 0 Å². The van der Waals surface area contributed by atoms with Crippen molar-refractivity contribution in [1.82, 2.24) is 0 Å². The highest BCUT2D eigenvalue weighted by molar-refractivity contribution is 6.07. The third-order valence-electron chi connectivity index (χ3n) is 1.34. The molecule has 0 rings (SSSR count). The van der Waals surface area contributed by atoms with Crippen molar-refractivity contribution in [2.45, 2.75) is 20.3 Å². The topological polar surface area (TPSA) is 54.4 Å². The molecule has 0 aliphatic rings. The van der Waals surface area contributed by atoms with E-state index in [2.05, 4.69) is 0 Å². The number of aliphatic carboxylic acids is 1. The van der Waals surface area contributed by atoms with Crippen LogP contribution in [0.15, 0.2) is 11.1 Å². The van der Waals surface area contributed by atoms with Crippen LogP contribution in [0.4, 0.5) is 0 Å². The summed E-state index contributed by atoms with van der Waals surface area (Å²) in [7, 11) is 0. The summed E-state index contributed by atoms with van der Waals surface area (Å²) in [5, 5.41) is 8.39. The predicted molar refractivity (Wildman–Crippen MR) is 36.7 cm³/mol. The van der Waals surface area contributed by atoms with Gasteiger partial charge in [0.15, 0.2) is 6.29 Å². The Balaban J connectivity index is 4.62. The van der Waals surface area contributed by atoms with Gasteiger partial charge in [-0.1, -0.05) is 12.5 Å². The summed E-state index contributed by atoms with van der Waals surface area (Å²) in [6.07, 6.45) is 0.974. The lowest BCUT2D eigenvalue weighted by molar-refractivity contribution is -0.133. The summed E-state index contributed by atoms with van der Waals surface area (Å²) < 4.78 is 0. The number of aldehydes is 1. The highest BCUT2D eigenvalue weighted by Crippen LogP contribution is 2.04. The first-order valence-electron chi connectivity index (χ1n) is 3.01. The monoisotopic (exact) mass is 142 g/mol. The van der Waals surface area contributed by atoms with Crippen LogP contribution < -0.4 is 0 Å². The zero-order valence-electron chi connectivity index (χ0n) is 6.05. The van der Waals surface area contributed by atoms with Crippen LogP contribution >= 0.6 is 0 Å². The molecule has 0 aliphatic carbocycles. The van der Waals surface area contributed by atoms with Gasteiger partial charge in [0.05, 0.1) is 5.57 Å².